The van der Waals surface area contributed by atoms with E-state index in [2.05, 4.69) is 50.6 Å². The molecule has 0 aliphatic rings. The summed E-state index contributed by atoms with van der Waals surface area (Å²) >= 11 is 9.43. The number of halogens is 3. The minimum absolute atomic E-state index is 0.0598. The SMILES string of the molecule is CC(C)CNC(C)c1nnnn1-c1c(Cl)cc(F)cc1Br. The van der Waals surface area contributed by atoms with Gasteiger partial charge in [-0.25, -0.2) is 4.39 Å². The highest BCUT2D eigenvalue weighted by Gasteiger charge is 2.20. The Kier molecular flexibility index (Phi) is 5.29. The summed E-state index contributed by atoms with van der Waals surface area (Å²) in [6.07, 6.45) is 0. The van der Waals surface area contributed by atoms with Crippen LogP contribution in [0.5, 0.6) is 0 Å². The van der Waals surface area contributed by atoms with E-state index in [0.29, 0.717) is 21.9 Å². The lowest BCUT2D eigenvalue weighted by molar-refractivity contribution is 0.474. The summed E-state index contributed by atoms with van der Waals surface area (Å²) in [7, 11) is 0. The Morgan fingerprint density at radius 1 is 1.38 bits per heavy atom. The largest absolute Gasteiger partial charge is 0.307 e. The fraction of sp³-hybridized carbons (Fsp3) is 0.462. The van der Waals surface area contributed by atoms with Crippen molar-refractivity contribution in [3.05, 3.63) is 33.3 Å². The first kappa shape index (κ1) is 16.3. The van der Waals surface area contributed by atoms with Gasteiger partial charge >= 0.3 is 0 Å². The van der Waals surface area contributed by atoms with Crippen molar-refractivity contribution in [2.75, 3.05) is 6.54 Å². The van der Waals surface area contributed by atoms with Crippen molar-refractivity contribution in [3.8, 4) is 5.69 Å². The first-order valence-electron chi connectivity index (χ1n) is 6.56. The van der Waals surface area contributed by atoms with Crippen molar-refractivity contribution in [2.24, 2.45) is 5.92 Å². The van der Waals surface area contributed by atoms with Crippen LogP contribution in [0.3, 0.4) is 0 Å². The molecule has 1 heterocycles. The second-order valence-electron chi connectivity index (χ2n) is 5.19. The molecule has 1 aromatic carbocycles. The van der Waals surface area contributed by atoms with Gasteiger partial charge in [-0.05, 0) is 57.9 Å². The maximum Gasteiger partial charge on any atom is 0.173 e. The molecular weight excluding hydrogens is 361 g/mol. The Labute approximate surface area is 136 Å². The molecule has 1 atom stereocenters. The summed E-state index contributed by atoms with van der Waals surface area (Å²) in [4.78, 5) is 0. The van der Waals surface area contributed by atoms with Crippen molar-refractivity contribution in [3.63, 3.8) is 0 Å². The van der Waals surface area contributed by atoms with Gasteiger partial charge in [0, 0.05) is 4.47 Å². The molecule has 8 heteroatoms. The normalized spacial score (nSPS) is 12.9. The molecule has 0 radical (unpaired) electrons. The third-order valence-corrected chi connectivity index (χ3v) is 3.80. The molecule has 5 nitrogen and oxygen atoms in total. The molecule has 21 heavy (non-hydrogen) atoms. The third-order valence-electron chi connectivity index (χ3n) is 2.91. The topological polar surface area (TPSA) is 55.6 Å². The first-order valence-corrected chi connectivity index (χ1v) is 7.73. The van der Waals surface area contributed by atoms with Crippen LogP contribution in [0.2, 0.25) is 5.02 Å². The molecule has 0 fully saturated rings. The van der Waals surface area contributed by atoms with Gasteiger partial charge in [0.15, 0.2) is 5.82 Å². The van der Waals surface area contributed by atoms with Crippen LogP contribution in [0.4, 0.5) is 4.39 Å². The lowest BCUT2D eigenvalue weighted by atomic mass is 10.2. The van der Waals surface area contributed by atoms with Gasteiger partial charge in [0.05, 0.1) is 11.1 Å². The van der Waals surface area contributed by atoms with Crippen molar-refractivity contribution in [1.82, 2.24) is 25.5 Å². The predicted molar refractivity (Wildman–Crippen MR) is 83.1 cm³/mol. The molecule has 0 saturated heterocycles. The number of aromatic nitrogens is 4. The van der Waals surface area contributed by atoms with E-state index in [1.165, 1.54) is 16.8 Å². The summed E-state index contributed by atoms with van der Waals surface area (Å²) in [6.45, 7) is 7.05. The van der Waals surface area contributed by atoms with Gasteiger partial charge in [-0.2, -0.15) is 4.68 Å². The molecule has 114 valence electrons. The molecule has 0 saturated carbocycles. The number of rotatable bonds is 5. The summed E-state index contributed by atoms with van der Waals surface area (Å²) < 4.78 is 15.3. The zero-order valence-corrected chi connectivity index (χ0v) is 14.3. The van der Waals surface area contributed by atoms with Crippen LogP contribution < -0.4 is 5.32 Å². The highest BCUT2D eigenvalue weighted by Crippen LogP contribution is 2.30. The molecule has 0 amide bonds. The molecule has 0 spiro atoms. The standard InChI is InChI=1S/C13H16BrClFN5/c1-7(2)6-17-8(3)13-18-19-20-21(13)12-10(14)4-9(16)5-11(12)15/h4-5,7-8,17H,6H2,1-3H3. The van der Waals surface area contributed by atoms with E-state index < -0.39 is 5.82 Å². The van der Waals surface area contributed by atoms with Crippen molar-refractivity contribution in [1.29, 1.82) is 0 Å². The van der Waals surface area contributed by atoms with Gasteiger partial charge < -0.3 is 5.32 Å². The van der Waals surface area contributed by atoms with E-state index in [-0.39, 0.29) is 11.1 Å². The lowest BCUT2D eigenvalue weighted by Gasteiger charge is -2.16. The van der Waals surface area contributed by atoms with Gasteiger partial charge in [-0.1, -0.05) is 25.4 Å². The molecule has 1 aromatic heterocycles. The Balaban J connectivity index is 2.37. The zero-order valence-electron chi connectivity index (χ0n) is 11.9. The van der Waals surface area contributed by atoms with Crippen LogP contribution in [-0.2, 0) is 0 Å². The second kappa shape index (κ2) is 6.81. The van der Waals surface area contributed by atoms with Crippen LogP contribution in [0, 0.1) is 11.7 Å². The summed E-state index contributed by atoms with van der Waals surface area (Å²) in [5.74, 6) is 0.707. The number of benzene rings is 1. The quantitative estimate of drug-likeness (QED) is 0.867. The minimum Gasteiger partial charge on any atom is -0.307 e. The molecule has 0 bridgehead atoms. The number of tetrazole rings is 1. The second-order valence-corrected chi connectivity index (χ2v) is 6.45. The van der Waals surface area contributed by atoms with Crippen molar-refractivity contribution < 1.29 is 4.39 Å². The Morgan fingerprint density at radius 2 is 2.10 bits per heavy atom. The van der Waals surface area contributed by atoms with Crippen LogP contribution in [0.1, 0.15) is 32.6 Å². The first-order chi connectivity index (χ1) is 9.90. The van der Waals surface area contributed by atoms with Crippen molar-refractivity contribution in [2.45, 2.75) is 26.8 Å². The highest BCUT2D eigenvalue weighted by molar-refractivity contribution is 9.10. The van der Waals surface area contributed by atoms with E-state index in [9.17, 15) is 4.39 Å². The van der Waals surface area contributed by atoms with Gasteiger partial charge in [0.1, 0.15) is 11.5 Å². The van der Waals surface area contributed by atoms with E-state index in [1.807, 2.05) is 6.92 Å². The van der Waals surface area contributed by atoms with E-state index >= 15 is 0 Å². The van der Waals surface area contributed by atoms with E-state index in [0.717, 1.165) is 6.54 Å². The monoisotopic (exact) mass is 375 g/mol. The van der Waals surface area contributed by atoms with Gasteiger partial charge in [0.2, 0.25) is 0 Å². The predicted octanol–water partition coefficient (Wildman–Crippen LogP) is 3.52. The molecule has 0 aliphatic heterocycles. The number of hydrogen-bond donors (Lipinski definition) is 1. The van der Waals surface area contributed by atoms with Gasteiger partial charge in [-0.15, -0.1) is 5.10 Å². The maximum absolute atomic E-state index is 13.3. The highest BCUT2D eigenvalue weighted by atomic mass is 79.9. The number of nitrogens with one attached hydrogen (secondary N) is 1. The minimum atomic E-state index is -0.420. The molecule has 2 aromatic rings. The summed E-state index contributed by atoms with van der Waals surface area (Å²) in [5, 5.41) is 15.3. The zero-order chi connectivity index (χ0) is 15.6. The average molecular weight is 377 g/mol. The summed E-state index contributed by atoms with van der Waals surface area (Å²) in [5.41, 5.74) is 0.524. The third kappa shape index (κ3) is 3.78. The Hall–Kier alpha value is -1.05. The van der Waals surface area contributed by atoms with Crippen LogP contribution in [0.15, 0.2) is 16.6 Å². The van der Waals surface area contributed by atoms with Crippen LogP contribution in [0.25, 0.3) is 5.69 Å². The fourth-order valence-corrected chi connectivity index (χ4v) is 2.86. The molecule has 1 N–H and O–H groups in total. The van der Waals surface area contributed by atoms with Crippen LogP contribution in [-0.4, -0.2) is 26.8 Å². The smallest absolute Gasteiger partial charge is 0.173 e. The molecule has 1 unspecified atom stereocenters. The molecular formula is C13H16BrClFN5. The van der Waals surface area contributed by atoms with E-state index in [4.69, 9.17) is 11.6 Å². The van der Waals surface area contributed by atoms with Crippen molar-refractivity contribution >= 4 is 27.5 Å². The van der Waals surface area contributed by atoms with Gasteiger partial charge in [-0.3, -0.25) is 0 Å². The van der Waals surface area contributed by atoms with Gasteiger partial charge in [0.25, 0.3) is 0 Å². The van der Waals surface area contributed by atoms with E-state index in [1.54, 1.807) is 0 Å². The Bertz CT molecular complexity index is 608. The Morgan fingerprint density at radius 3 is 2.71 bits per heavy atom. The maximum atomic E-state index is 13.3. The van der Waals surface area contributed by atoms with Crippen LogP contribution >= 0.6 is 27.5 Å². The fourth-order valence-electron chi connectivity index (χ4n) is 1.86. The molecule has 2 rings (SSSR count). The summed E-state index contributed by atoms with van der Waals surface area (Å²) in [6, 6.07) is 2.51. The average Bonchev–Trinajstić information content (AvgIpc) is 2.83. The number of hydrogen-bond acceptors (Lipinski definition) is 4. The lowest BCUT2D eigenvalue weighted by Crippen LogP contribution is -2.26. The number of nitrogens with zero attached hydrogens (tertiary/aromatic N) is 4. The molecule has 0 aliphatic carbocycles.